The van der Waals surface area contributed by atoms with E-state index in [1.807, 2.05) is 12.1 Å². The van der Waals surface area contributed by atoms with Crippen LogP contribution in [-0.2, 0) is 6.42 Å². The van der Waals surface area contributed by atoms with Crippen LogP contribution in [0.4, 0.5) is 17.2 Å². The molecule has 1 aromatic heterocycles. The Morgan fingerprint density at radius 1 is 1.14 bits per heavy atom. The summed E-state index contributed by atoms with van der Waals surface area (Å²) in [6, 6.07) is 18.9. The van der Waals surface area contributed by atoms with Crippen LogP contribution in [0.3, 0.4) is 0 Å². The van der Waals surface area contributed by atoms with Gasteiger partial charge in [-0.3, -0.25) is 4.79 Å². The molecular weight excluding hydrogens is 350 g/mol. The molecule has 2 aromatic carbocycles. The summed E-state index contributed by atoms with van der Waals surface area (Å²) in [7, 11) is 0. The van der Waals surface area contributed by atoms with E-state index in [0.29, 0.717) is 22.8 Å². The molecule has 0 saturated heterocycles. The largest absolute Gasteiger partial charge is 0.326 e. The monoisotopic (exact) mass is 369 g/mol. The number of carbonyl (C=O) groups is 1. The van der Waals surface area contributed by atoms with Gasteiger partial charge >= 0.3 is 0 Å². The number of fused-ring (bicyclic) bond motifs is 1. The van der Waals surface area contributed by atoms with Gasteiger partial charge in [0, 0.05) is 24.0 Å². The first-order valence-corrected chi connectivity index (χ1v) is 9.17. The zero-order valence-electron chi connectivity index (χ0n) is 15.5. The third-order valence-electron chi connectivity index (χ3n) is 4.69. The number of aromatic nitrogens is 2. The van der Waals surface area contributed by atoms with Gasteiger partial charge in [-0.2, -0.15) is 5.26 Å². The van der Waals surface area contributed by atoms with E-state index in [4.69, 9.17) is 5.26 Å². The second-order valence-electron chi connectivity index (χ2n) is 6.69. The third-order valence-corrected chi connectivity index (χ3v) is 4.69. The molecule has 1 aliphatic heterocycles. The van der Waals surface area contributed by atoms with E-state index < -0.39 is 0 Å². The predicted molar refractivity (Wildman–Crippen MR) is 108 cm³/mol. The topological polar surface area (TPSA) is 81.9 Å². The maximum absolute atomic E-state index is 12.7. The number of aryl methyl sites for hydroxylation is 2. The van der Waals surface area contributed by atoms with Crippen molar-refractivity contribution in [2.45, 2.75) is 19.8 Å². The summed E-state index contributed by atoms with van der Waals surface area (Å²) in [5.41, 5.74) is 3.75. The van der Waals surface area contributed by atoms with Crippen LogP contribution in [0.5, 0.6) is 0 Å². The first-order chi connectivity index (χ1) is 13.6. The highest BCUT2D eigenvalue weighted by Crippen LogP contribution is 2.32. The van der Waals surface area contributed by atoms with Gasteiger partial charge in [-0.05, 0) is 49.6 Å². The maximum atomic E-state index is 12.7. The van der Waals surface area contributed by atoms with Gasteiger partial charge in [0.25, 0.3) is 5.91 Å². The Morgan fingerprint density at radius 3 is 2.86 bits per heavy atom. The van der Waals surface area contributed by atoms with Crippen molar-refractivity contribution in [3.8, 4) is 6.07 Å². The predicted octanol–water partition coefficient (Wildman–Crippen LogP) is 3.99. The number of para-hydroxylation sites is 1. The number of amides is 1. The lowest BCUT2D eigenvalue weighted by molar-refractivity contribution is 0.102. The number of hydrogen-bond donors (Lipinski definition) is 1. The zero-order chi connectivity index (χ0) is 19.5. The highest BCUT2D eigenvalue weighted by atomic mass is 16.1. The van der Waals surface area contributed by atoms with Crippen molar-refractivity contribution in [2.75, 3.05) is 16.8 Å². The Hall–Kier alpha value is -3.72. The van der Waals surface area contributed by atoms with Gasteiger partial charge in [-0.15, -0.1) is 0 Å². The summed E-state index contributed by atoms with van der Waals surface area (Å²) < 4.78 is 0. The van der Waals surface area contributed by atoms with Gasteiger partial charge in [0.1, 0.15) is 17.3 Å². The van der Waals surface area contributed by atoms with Crippen LogP contribution in [0, 0.1) is 18.3 Å². The minimum Gasteiger partial charge on any atom is -0.326 e. The molecule has 138 valence electrons. The standard InChI is InChI=1S/C22H19N5O/c1-15-24-19(22(28)26-18-9-4-6-16(12-18)14-23)13-21(25-15)27-11-5-8-17-7-2-3-10-20(17)27/h2-4,6-7,9-10,12-13H,5,8,11H2,1H3,(H,26,28). The van der Waals surface area contributed by atoms with Crippen molar-refractivity contribution in [3.05, 3.63) is 77.2 Å². The third kappa shape index (κ3) is 3.55. The molecule has 2 heterocycles. The minimum absolute atomic E-state index is 0.299. The Bertz CT molecular complexity index is 1090. The van der Waals surface area contributed by atoms with E-state index in [1.54, 1.807) is 37.3 Å². The van der Waals surface area contributed by atoms with E-state index in [1.165, 1.54) is 5.56 Å². The number of anilines is 3. The maximum Gasteiger partial charge on any atom is 0.274 e. The summed E-state index contributed by atoms with van der Waals surface area (Å²) in [5, 5.41) is 11.8. The fraction of sp³-hybridized carbons (Fsp3) is 0.182. The van der Waals surface area contributed by atoms with Crippen molar-refractivity contribution >= 4 is 23.1 Å². The number of rotatable bonds is 3. The highest BCUT2D eigenvalue weighted by molar-refractivity contribution is 6.03. The van der Waals surface area contributed by atoms with Crippen molar-refractivity contribution in [2.24, 2.45) is 0 Å². The molecule has 4 rings (SSSR count). The van der Waals surface area contributed by atoms with Crippen molar-refractivity contribution in [1.82, 2.24) is 9.97 Å². The Balaban J connectivity index is 1.65. The van der Waals surface area contributed by atoms with Gasteiger partial charge < -0.3 is 10.2 Å². The van der Waals surface area contributed by atoms with Gasteiger partial charge in [0.15, 0.2) is 0 Å². The molecule has 1 N–H and O–H groups in total. The van der Waals surface area contributed by atoms with Crippen molar-refractivity contribution in [1.29, 1.82) is 5.26 Å². The number of benzene rings is 2. The van der Waals surface area contributed by atoms with Crippen LogP contribution in [0.25, 0.3) is 0 Å². The number of hydrogen-bond acceptors (Lipinski definition) is 5. The summed E-state index contributed by atoms with van der Waals surface area (Å²) in [6.45, 7) is 2.63. The lowest BCUT2D eigenvalue weighted by Gasteiger charge is -2.30. The van der Waals surface area contributed by atoms with Gasteiger partial charge in [0.2, 0.25) is 0 Å². The molecule has 3 aromatic rings. The summed E-state index contributed by atoms with van der Waals surface area (Å²) in [6.07, 6.45) is 2.07. The number of nitrogens with one attached hydrogen (secondary N) is 1. The van der Waals surface area contributed by atoms with E-state index >= 15 is 0 Å². The molecule has 1 aliphatic rings. The van der Waals surface area contributed by atoms with E-state index in [9.17, 15) is 4.79 Å². The van der Waals surface area contributed by atoms with Gasteiger partial charge in [-0.1, -0.05) is 24.3 Å². The fourth-order valence-electron chi connectivity index (χ4n) is 3.44. The summed E-state index contributed by atoms with van der Waals surface area (Å²) >= 11 is 0. The van der Waals surface area contributed by atoms with Crippen LogP contribution >= 0.6 is 0 Å². The normalized spacial score (nSPS) is 12.8. The average Bonchev–Trinajstić information content (AvgIpc) is 2.73. The Morgan fingerprint density at radius 2 is 2.00 bits per heavy atom. The SMILES string of the molecule is Cc1nc(C(=O)Nc2cccc(C#N)c2)cc(N2CCCc3ccccc32)n1. The van der Waals surface area contributed by atoms with Crippen LogP contribution in [0.2, 0.25) is 0 Å². The number of carbonyl (C=O) groups excluding carboxylic acids is 1. The molecular formula is C22H19N5O. The fourth-order valence-corrected chi connectivity index (χ4v) is 3.44. The van der Waals surface area contributed by atoms with Crippen LogP contribution < -0.4 is 10.2 Å². The first kappa shape index (κ1) is 17.7. The molecule has 0 radical (unpaired) electrons. The van der Waals surface area contributed by atoms with Crippen LogP contribution in [-0.4, -0.2) is 22.4 Å². The van der Waals surface area contributed by atoms with Gasteiger partial charge in [0.05, 0.1) is 11.6 Å². The summed E-state index contributed by atoms with van der Waals surface area (Å²) in [4.78, 5) is 23.8. The van der Waals surface area contributed by atoms with E-state index in [-0.39, 0.29) is 5.91 Å². The quantitative estimate of drug-likeness (QED) is 0.755. The summed E-state index contributed by atoms with van der Waals surface area (Å²) in [5.74, 6) is 0.930. The molecule has 0 bridgehead atoms. The first-order valence-electron chi connectivity index (χ1n) is 9.17. The van der Waals surface area contributed by atoms with Crippen molar-refractivity contribution in [3.63, 3.8) is 0 Å². The van der Waals surface area contributed by atoms with E-state index in [0.717, 1.165) is 30.9 Å². The molecule has 0 atom stereocenters. The lowest BCUT2D eigenvalue weighted by Crippen LogP contribution is -2.26. The zero-order valence-corrected chi connectivity index (χ0v) is 15.5. The van der Waals surface area contributed by atoms with Crippen LogP contribution in [0.1, 0.15) is 33.9 Å². The average molecular weight is 369 g/mol. The molecule has 28 heavy (non-hydrogen) atoms. The smallest absolute Gasteiger partial charge is 0.274 e. The minimum atomic E-state index is -0.327. The lowest BCUT2D eigenvalue weighted by atomic mass is 10.0. The number of nitriles is 1. The molecule has 0 unspecified atom stereocenters. The Labute approximate surface area is 163 Å². The molecule has 0 saturated carbocycles. The Kier molecular flexibility index (Phi) is 4.73. The second-order valence-corrected chi connectivity index (χ2v) is 6.69. The second kappa shape index (κ2) is 7.49. The van der Waals surface area contributed by atoms with Gasteiger partial charge in [-0.25, -0.2) is 9.97 Å². The highest BCUT2D eigenvalue weighted by Gasteiger charge is 2.21. The van der Waals surface area contributed by atoms with E-state index in [2.05, 4.69) is 38.4 Å². The van der Waals surface area contributed by atoms with Crippen molar-refractivity contribution < 1.29 is 4.79 Å². The molecule has 0 spiro atoms. The molecule has 0 aliphatic carbocycles. The number of nitrogens with zero attached hydrogens (tertiary/aromatic N) is 4. The molecule has 1 amide bonds. The molecule has 0 fully saturated rings. The van der Waals surface area contributed by atoms with Crippen LogP contribution in [0.15, 0.2) is 54.6 Å². The molecule has 6 heteroatoms. The molecule has 6 nitrogen and oxygen atoms in total.